The minimum Gasteiger partial charge on any atom is -0.497 e. The molecule has 0 aliphatic carbocycles. The number of carbonyl (C=O) groups is 3. The Morgan fingerprint density at radius 3 is 2.51 bits per heavy atom. The van der Waals surface area contributed by atoms with Gasteiger partial charge in [-0.3, -0.25) is 19.2 Å². The lowest BCUT2D eigenvalue weighted by molar-refractivity contribution is -0.137. The summed E-state index contributed by atoms with van der Waals surface area (Å²) in [6.07, 6.45) is -4.68. The van der Waals surface area contributed by atoms with Crippen molar-refractivity contribution in [3.05, 3.63) is 96.9 Å². The fourth-order valence-electron chi connectivity index (χ4n) is 5.34. The number of aromatic nitrogens is 1. The van der Waals surface area contributed by atoms with E-state index in [4.69, 9.17) is 9.47 Å². The van der Waals surface area contributed by atoms with Crippen LogP contribution in [0, 0.1) is 5.92 Å². The number of nitrogens with zero attached hydrogens (tertiary/aromatic N) is 1. The van der Waals surface area contributed by atoms with Gasteiger partial charge >= 0.3 is 11.0 Å². The van der Waals surface area contributed by atoms with Gasteiger partial charge in [-0.25, -0.2) is 4.90 Å². The minimum atomic E-state index is -4.68. The SMILES string of the molecule is COc1ccc(NC(=O)COc2ccc(Br)cc2C2c3sc(=O)[nH]c3SC3C(=O)N(c4cccc(C(F)(F)F)c4)C(=O)C32)cc1. The third-order valence-corrected chi connectivity index (χ3v) is 10.2. The van der Waals surface area contributed by atoms with Gasteiger partial charge in [-0.15, -0.1) is 0 Å². The van der Waals surface area contributed by atoms with Crippen molar-refractivity contribution in [3.8, 4) is 11.5 Å². The summed E-state index contributed by atoms with van der Waals surface area (Å²) >= 11 is 5.30. The molecular weight excluding hydrogens is 699 g/mol. The number of nitrogens with one attached hydrogen (secondary N) is 2. The molecule has 2 aliphatic rings. The van der Waals surface area contributed by atoms with Crippen LogP contribution in [-0.2, 0) is 20.6 Å². The number of ether oxygens (including phenoxy) is 2. The second-order valence-corrected chi connectivity index (χ2v) is 13.1. The van der Waals surface area contributed by atoms with E-state index in [0.717, 1.165) is 46.2 Å². The van der Waals surface area contributed by atoms with E-state index in [2.05, 4.69) is 26.2 Å². The van der Waals surface area contributed by atoms with Gasteiger partial charge in [0, 0.05) is 26.5 Å². The molecule has 45 heavy (non-hydrogen) atoms. The lowest BCUT2D eigenvalue weighted by Gasteiger charge is -2.31. The summed E-state index contributed by atoms with van der Waals surface area (Å²) in [6, 6.07) is 15.7. The number of hydrogen-bond donors (Lipinski definition) is 2. The van der Waals surface area contributed by atoms with E-state index in [-0.39, 0.29) is 11.4 Å². The largest absolute Gasteiger partial charge is 0.497 e. The fraction of sp³-hybridized carbons (Fsp3) is 0.200. The molecule has 0 radical (unpaired) electrons. The molecule has 0 bridgehead atoms. The highest BCUT2D eigenvalue weighted by atomic mass is 79.9. The molecule has 2 N–H and O–H groups in total. The predicted octanol–water partition coefficient (Wildman–Crippen LogP) is 6.04. The van der Waals surface area contributed by atoms with Crippen LogP contribution in [-0.4, -0.2) is 41.7 Å². The number of fused-ring (bicyclic) bond motifs is 2. The number of alkyl halides is 3. The van der Waals surface area contributed by atoms with Gasteiger partial charge in [0.15, 0.2) is 6.61 Å². The quantitative estimate of drug-likeness (QED) is 0.224. The molecule has 6 rings (SSSR count). The maximum Gasteiger partial charge on any atom is 0.416 e. The molecule has 9 nitrogen and oxygen atoms in total. The van der Waals surface area contributed by atoms with E-state index in [9.17, 15) is 32.3 Å². The summed E-state index contributed by atoms with van der Waals surface area (Å²) in [5.41, 5.74) is -0.274. The predicted molar refractivity (Wildman–Crippen MR) is 165 cm³/mol. The van der Waals surface area contributed by atoms with E-state index in [1.807, 2.05) is 0 Å². The monoisotopic (exact) mass is 719 g/mol. The number of amides is 3. The lowest BCUT2D eigenvalue weighted by atomic mass is 9.82. The number of thioether (sulfide) groups is 1. The summed E-state index contributed by atoms with van der Waals surface area (Å²) in [5, 5.41) is 2.06. The Balaban J connectivity index is 1.35. The Labute approximate surface area is 269 Å². The van der Waals surface area contributed by atoms with Gasteiger partial charge < -0.3 is 19.8 Å². The highest BCUT2D eigenvalue weighted by Gasteiger charge is 2.57. The molecule has 3 aromatic carbocycles. The molecule has 0 saturated carbocycles. The molecule has 1 aromatic heterocycles. The first-order chi connectivity index (χ1) is 21.4. The zero-order valence-corrected chi connectivity index (χ0v) is 26.2. The minimum absolute atomic E-state index is 0.202. The highest BCUT2D eigenvalue weighted by molar-refractivity contribution is 9.10. The molecule has 1 saturated heterocycles. The standard InChI is InChI=1S/C30H21BrF3N3O6S2/c1-42-18-8-6-16(7-9-18)35-21(38)13-43-20-10-5-15(31)12-19(20)22-23-25(44-26-24(22)45-29(41)36-26)28(40)37(27(23)39)17-4-2-3-14(11-17)30(32,33)34/h2-12,22-23,25H,13H2,1H3,(H,35,38)(H,36,41). The van der Waals surface area contributed by atoms with Crippen LogP contribution in [0.3, 0.4) is 0 Å². The number of rotatable bonds is 7. The number of H-pyrrole nitrogens is 1. The maximum atomic E-state index is 14.0. The van der Waals surface area contributed by atoms with Crippen molar-refractivity contribution in [2.45, 2.75) is 22.4 Å². The van der Waals surface area contributed by atoms with Crippen LogP contribution in [0.25, 0.3) is 0 Å². The first-order valence-corrected chi connectivity index (χ1v) is 15.7. The van der Waals surface area contributed by atoms with Crippen LogP contribution in [0.15, 0.2) is 81.0 Å². The fourth-order valence-corrected chi connectivity index (χ4v) is 8.22. The Bertz CT molecular complexity index is 1880. The molecule has 1 fully saturated rings. The van der Waals surface area contributed by atoms with E-state index in [1.165, 1.54) is 13.2 Å². The smallest absolute Gasteiger partial charge is 0.416 e. The van der Waals surface area contributed by atoms with Crippen LogP contribution in [0.1, 0.15) is 21.9 Å². The number of carbonyl (C=O) groups excluding carboxylic acids is 3. The Hall–Kier alpha value is -4.08. The summed E-state index contributed by atoms with van der Waals surface area (Å²) in [6.45, 7) is -0.407. The average Bonchev–Trinajstić information content (AvgIpc) is 3.50. The molecule has 2 aliphatic heterocycles. The van der Waals surface area contributed by atoms with Crippen LogP contribution in [0.2, 0.25) is 0 Å². The molecule has 3 atom stereocenters. The molecule has 15 heteroatoms. The number of thiazole rings is 1. The van der Waals surface area contributed by atoms with Crippen LogP contribution in [0.4, 0.5) is 24.5 Å². The van der Waals surface area contributed by atoms with Gasteiger partial charge in [0.1, 0.15) is 16.7 Å². The highest BCUT2D eigenvalue weighted by Crippen LogP contribution is 2.55. The van der Waals surface area contributed by atoms with Crippen LogP contribution in [0.5, 0.6) is 11.5 Å². The Morgan fingerprint density at radius 1 is 1.04 bits per heavy atom. The van der Waals surface area contributed by atoms with Crippen molar-refractivity contribution in [3.63, 3.8) is 0 Å². The number of methoxy groups -OCH3 is 1. The number of imide groups is 1. The molecule has 0 spiro atoms. The van der Waals surface area contributed by atoms with Gasteiger partial charge in [-0.1, -0.05) is 45.1 Å². The third kappa shape index (κ3) is 5.99. The number of anilines is 2. The number of hydrogen-bond acceptors (Lipinski definition) is 8. The van der Waals surface area contributed by atoms with E-state index in [0.29, 0.717) is 31.4 Å². The molecule has 3 unspecified atom stereocenters. The molecule has 3 heterocycles. The van der Waals surface area contributed by atoms with E-state index >= 15 is 0 Å². The van der Waals surface area contributed by atoms with Gasteiger partial charge in [0.2, 0.25) is 11.8 Å². The number of halogens is 4. The van der Waals surface area contributed by atoms with E-state index < -0.39 is 58.0 Å². The van der Waals surface area contributed by atoms with Crippen molar-refractivity contribution < 1.29 is 37.0 Å². The molecule has 4 aromatic rings. The summed E-state index contributed by atoms with van der Waals surface area (Å²) in [7, 11) is 1.53. The number of aromatic amines is 1. The zero-order chi connectivity index (χ0) is 32.0. The number of benzene rings is 3. The van der Waals surface area contributed by atoms with Crippen LogP contribution >= 0.6 is 39.0 Å². The first-order valence-electron chi connectivity index (χ1n) is 13.3. The Morgan fingerprint density at radius 2 is 1.80 bits per heavy atom. The van der Waals surface area contributed by atoms with E-state index in [1.54, 1.807) is 42.5 Å². The van der Waals surface area contributed by atoms with Crippen molar-refractivity contribution in [2.24, 2.45) is 5.92 Å². The second kappa shape index (κ2) is 12.0. The van der Waals surface area contributed by atoms with Crippen LogP contribution < -0.4 is 24.6 Å². The summed E-state index contributed by atoms with van der Waals surface area (Å²) in [5.74, 6) is -3.01. The Kier molecular flexibility index (Phi) is 8.26. The van der Waals surface area contributed by atoms with Crippen molar-refractivity contribution in [2.75, 3.05) is 23.9 Å². The second-order valence-electron chi connectivity index (χ2n) is 10.1. The van der Waals surface area contributed by atoms with Crippen molar-refractivity contribution in [1.29, 1.82) is 0 Å². The normalized spacial score (nSPS) is 19.2. The van der Waals surface area contributed by atoms with Gasteiger partial charge in [0.25, 0.3) is 5.91 Å². The lowest BCUT2D eigenvalue weighted by Crippen LogP contribution is -2.32. The zero-order valence-electron chi connectivity index (χ0n) is 23.0. The topological polar surface area (TPSA) is 118 Å². The maximum absolute atomic E-state index is 14.0. The molecule has 3 amide bonds. The van der Waals surface area contributed by atoms with Crippen molar-refractivity contribution >= 4 is 68.1 Å². The first kappa shape index (κ1) is 30.9. The molecular formula is C30H21BrF3N3O6S2. The molecule has 232 valence electrons. The average molecular weight is 721 g/mol. The van der Waals surface area contributed by atoms with Gasteiger partial charge in [0.05, 0.1) is 29.3 Å². The third-order valence-electron chi connectivity index (χ3n) is 7.30. The summed E-state index contributed by atoms with van der Waals surface area (Å²) < 4.78 is 52.1. The van der Waals surface area contributed by atoms with Gasteiger partial charge in [-0.2, -0.15) is 13.2 Å². The van der Waals surface area contributed by atoms with Crippen molar-refractivity contribution in [1.82, 2.24) is 4.98 Å². The summed E-state index contributed by atoms with van der Waals surface area (Å²) in [4.78, 5) is 56.5. The van der Waals surface area contributed by atoms with Gasteiger partial charge in [-0.05, 0) is 60.7 Å².